The minimum absolute atomic E-state index is 0.0192. The summed E-state index contributed by atoms with van der Waals surface area (Å²) in [5, 5.41) is 0. The van der Waals surface area contributed by atoms with E-state index in [2.05, 4.69) is 0 Å². The van der Waals surface area contributed by atoms with Crippen molar-refractivity contribution >= 4 is 28.5 Å². The Morgan fingerprint density at radius 1 is 1.50 bits per heavy atom. The molecule has 2 rings (SSSR count). The van der Waals surface area contributed by atoms with Gasteiger partial charge in [0.25, 0.3) is 0 Å². The topological polar surface area (TPSA) is 29.5 Å². The van der Waals surface area contributed by atoms with Gasteiger partial charge in [-0.15, -0.1) is 0 Å². The lowest BCUT2D eigenvalue weighted by atomic mass is 10.0. The molecule has 1 amide bonds. The molecule has 0 saturated carbocycles. The average molecular weight is 399 g/mol. The van der Waals surface area contributed by atoms with Gasteiger partial charge in [-0.2, -0.15) is 8.78 Å². The van der Waals surface area contributed by atoms with Crippen molar-refractivity contribution in [2.75, 3.05) is 19.7 Å². The molecule has 20 heavy (non-hydrogen) atoms. The monoisotopic (exact) mass is 399 g/mol. The van der Waals surface area contributed by atoms with Crippen molar-refractivity contribution in [3.05, 3.63) is 33.1 Å². The summed E-state index contributed by atoms with van der Waals surface area (Å²) in [6.07, 6.45) is -1.53. The van der Waals surface area contributed by atoms with Gasteiger partial charge in [-0.05, 0) is 34.7 Å². The fourth-order valence-electron chi connectivity index (χ4n) is 2.09. The van der Waals surface area contributed by atoms with Gasteiger partial charge in [-0.3, -0.25) is 4.79 Å². The van der Waals surface area contributed by atoms with Gasteiger partial charge in [-0.1, -0.05) is 6.07 Å². The van der Waals surface area contributed by atoms with Gasteiger partial charge < -0.3 is 9.64 Å². The number of ether oxygens (including phenoxy) is 1. The highest BCUT2D eigenvalue weighted by molar-refractivity contribution is 14.1. The van der Waals surface area contributed by atoms with Crippen molar-refractivity contribution < 1.29 is 22.7 Å². The van der Waals surface area contributed by atoms with Crippen LogP contribution in [-0.2, 0) is 15.5 Å². The van der Waals surface area contributed by atoms with Crippen LogP contribution in [0.3, 0.4) is 0 Å². The SMILES string of the molecule is CC(=O)N1CCOC(C(F)(F)c2cccc(I)c2F)C1. The molecule has 1 heterocycles. The summed E-state index contributed by atoms with van der Waals surface area (Å²) in [4.78, 5) is 12.6. The minimum Gasteiger partial charge on any atom is -0.368 e. The van der Waals surface area contributed by atoms with Crippen molar-refractivity contribution in [2.24, 2.45) is 0 Å². The van der Waals surface area contributed by atoms with Crippen LogP contribution in [0.25, 0.3) is 0 Å². The molecular formula is C13H13F3INO2. The van der Waals surface area contributed by atoms with E-state index in [1.54, 1.807) is 22.6 Å². The Kier molecular flexibility index (Phi) is 4.58. The van der Waals surface area contributed by atoms with E-state index in [0.29, 0.717) is 0 Å². The molecule has 1 saturated heterocycles. The van der Waals surface area contributed by atoms with E-state index in [0.717, 1.165) is 6.07 Å². The van der Waals surface area contributed by atoms with Crippen molar-refractivity contribution in [1.29, 1.82) is 0 Å². The Bertz CT molecular complexity index is 524. The first-order valence-corrected chi connectivity index (χ1v) is 7.11. The molecule has 110 valence electrons. The third-order valence-corrected chi connectivity index (χ3v) is 4.06. The first-order chi connectivity index (χ1) is 9.34. The molecule has 0 aromatic heterocycles. The van der Waals surface area contributed by atoms with Gasteiger partial charge >= 0.3 is 5.92 Å². The highest BCUT2D eigenvalue weighted by Crippen LogP contribution is 2.37. The first-order valence-electron chi connectivity index (χ1n) is 6.03. The zero-order valence-corrected chi connectivity index (χ0v) is 12.9. The number of alkyl halides is 2. The van der Waals surface area contributed by atoms with E-state index < -0.39 is 23.4 Å². The summed E-state index contributed by atoms with van der Waals surface area (Å²) >= 11 is 1.66. The summed E-state index contributed by atoms with van der Waals surface area (Å²) in [5.41, 5.74) is -0.695. The number of amides is 1. The van der Waals surface area contributed by atoms with Crippen LogP contribution in [0.2, 0.25) is 0 Å². The fourth-order valence-corrected chi connectivity index (χ4v) is 2.59. The maximum absolute atomic E-state index is 14.4. The van der Waals surface area contributed by atoms with Gasteiger partial charge in [0, 0.05) is 17.0 Å². The second-order valence-corrected chi connectivity index (χ2v) is 5.71. The molecule has 1 unspecified atom stereocenters. The Morgan fingerprint density at radius 2 is 2.20 bits per heavy atom. The van der Waals surface area contributed by atoms with Crippen molar-refractivity contribution in [3.63, 3.8) is 0 Å². The molecule has 1 aromatic carbocycles. The molecule has 3 nitrogen and oxygen atoms in total. The second-order valence-electron chi connectivity index (χ2n) is 4.55. The number of carbonyl (C=O) groups is 1. The smallest absolute Gasteiger partial charge is 0.303 e. The second kappa shape index (κ2) is 5.88. The van der Waals surface area contributed by atoms with Gasteiger partial charge in [0.1, 0.15) is 11.9 Å². The number of halogens is 4. The highest BCUT2D eigenvalue weighted by atomic mass is 127. The standard InChI is InChI=1S/C13H13F3INO2/c1-8(19)18-5-6-20-11(7-18)13(15,16)9-3-2-4-10(17)12(9)14/h2-4,11H,5-7H2,1H3. The van der Waals surface area contributed by atoms with Gasteiger partial charge in [0.2, 0.25) is 5.91 Å². The Labute approximate surface area is 128 Å². The van der Waals surface area contributed by atoms with Crippen LogP contribution in [0.4, 0.5) is 13.2 Å². The maximum Gasteiger partial charge on any atom is 0.303 e. The van der Waals surface area contributed by atoms with Crippen LogP contribution >= 0.6 is 22.6 Å². The number of benzene rings is 1. The Morgan fingerprint density at radius 3 is 2.85 bits per heavy atom. The summed E-state index contributed by atoms with van der Waals surface area (Å²) in [7, 11) is 0. The largest absolute Gasteiger partial charge is 0.368 e. The molecule has 0 aliphatic carbocycles. The number of rotatable bonds is 2. The summed E-state index contributed by atoms with van der Waals surface area (Å²) < 4.78 is 47.9. The highest BCUT2D eigenvalue weighted by Gasteiger charge is 2.47. The predicted molar refractivity (Wildman–Crippen MR) is 75.0 cm³/mol. The third kappa shape index (κ3) is 2.93. The molecule has 1 aliphatic heterocycles. The number of hydrogen-bond donors (Lipinski definition) is 0. The van der Waals surface area contributed by atoms with Gasteiger partial charge in [-0.25, -0.2) is 4.39 Å². The fraction of sp³-hybridized carbons (Fsp3) is 0.462. The molecule has 0 bridgehead atoms. The van der Waals surface area contributed by atoms with Crippen molar-refractivity contribution in [1.82, 2.24) is 4.90 Å². The van der Waals surface area contributed by atoms with E-state index >= 15 is 0 Å². The van der Waals surface area contributed by atoms with E-state index in [1.165, 1.54) is 24.0 Å². The Balaban J connectivity index is 2.29. The molecule has 0 N–H and O–H groups in total. The zero-order valence-electron chi connectivity index (χ0n) is 10.7. The molecule has 1 aliphatic rings. The van der Waals surface area contributed by atoms with Crippen molar-refractivity contribution in [3.8, 4) is 0 Å². The molecular weight excluding hydrogens is 386 g/mol. The van der Waals surface area contributed by atoms with Crippen LogP contribution < -0.4 is 0 Å². The third-order valence-electron chi connectivity index (χ3n) is 3.23. The van der Waals surface area contributed by atoms with Crippen molar-refractivity contribution in [2.45, 2.75) is 19.0 Å². The summed E-state index contributed by atoms with van der Waals surface area (Å²) in [5.74, 6) is -4.72. The molecule has 0 spiro atoms. The Hall–Kier alpha value is -0.830. The summed E-state index contributed by atoms with van der Waals surface area (Å²) in [6.45, 7) is 1.36. The van der Waals surface area contributed by atoms with Crippen LogP contribution in [0.5, 0.6) is 0 Å². The van der Waals surface area contributed by atoms with E-state index in [1.807, 2.05) is 0 Å². The number of morpholine rings is 1. The summed E-state index contributed by atoms with van der Waals surface area (Å²) in [6, 6.07) is 3.84. The van der Waals surface area contributed by atoms with Gasteiger partial charge in [0.05, 0.1) is 18.7 Å². The molecule has 0 radical (unpaired) electrons. The van der Waals surface area contributed by atoms with E-state index in [9.17, 15) is 18.0 Å². The van der Waals surface area contributed by atoms with E-state index in [-0.39, 0.29) is 29.2 Å². The molecule has 1 aromatic rings. The first kappa shape index (κ1) is 15.6. The molecule has 1 fully saturated rings. The predicted octanol–water partition coefficient (Wildman–Crippen LogP) is 2.77. The quantitative estimate of drug-likeness (QED) is 0.717. The number of hydrogen-bond acceptors (Lipinski definition) is 2. The minimum atomic E-state index is -3.49. The molecule has 7 heteroatoms. The number of carbonyl (C=O) groups excluding carboxylic acids is 1. The van der Waals surface area contributed by atoms with Crippen LogP contribution in [-0.4, -0.2) is 36.6 Å². The van der Waals surface area contributed by atoms with Gasteiger partial charge in [0.15, 0.2) is 0 Å². The zero-order chi connectivity index (χ0) is 14.9. The maximum atomic E-state index is 14.4. The van der Waals surface area contributed by atoms with Crippen LogP contribution in [0, 0.1) is 9.39 Å². The lowest BCUT2D eigenvalue weighted by molar-refractivity contribution is -0.178. The van der Waals surface area contributed by atoms with Crippen LogP contribution in [0.1, 0.15) is 12.5 Å². The van der Waals surface area contributed by atoms with E-state index in [4.69, 9.17) is 4.74 Å². The lowest BCUT2D eigenvalue weighted by Crippen LogP contribution is -2.51. The molecule has 1 atom stereocenters. The number of nitrogens with zero attached hydrogens (tertiary/aromatic N) is 1. The lowest BCUT2D eigenvalue weighted by Gasteiger charge is -2.36. The average Bonchev–Trinajstić information content (AvgIpc) is 2.41. The van der Waals surface area contributed by atoms with Crippen LogP contribution in [0.15, 0.2) is 18.2 Å². The normalized spacial score (nSPS) is 20.1.